The number of alkyl halides is 3. The Morgan fingerprint density at radius 1 is 1.41 bits per heavy atom. The van der Waals surface area contributed by atoms with Crippen molar-refractivity contribution in [3.63, 3.8) is 0 Å². The highest BCUT2D eigenvalue weighted by molar-refractivity contribution is 5.85. The SMILES string of the molecule is CC(CN)C(=O)N(C)CC(=O)NCC(F)(F)F. The number of carbonyl (C=O) groups is 2. The first-order chi connectivity index (χ1) is 7.67. The normalized spacial score (nSPS) is 13.1. The van der Waals surface area contributed by atoms with Gasteiger partial charge in [0, 0.05) is 19.5 Å². The molecule has 0 spiro atoms. The van der Waals surface area contributed by atoms with Gasteiger partial charge in [0.25, 0.3) is 0 Å². The van der Waals surface area contributed by atoms with Crippen molar-refractivity contribution in [1.82, 2.24) is 10.2 Å². The quantitative estimate of drug-likeness (QED) is 0.709. The Bertz CT molecular complexity index is 281. The summed E-state index contributed by atoms with van der Waals surface area (Å²) < 4.78 is 35.3. The summed E-state index contributed by atoms with van der Waals surface area (Å²) in [6.45, 7) is -0.126. The van der Waals surface area contributed by atoms with Gasteiger partial charge < -0.3 is 16.0 Å². The van der Waals surface area contributed by atoms with Crippen LogP contribution in [0.25, 0.3) is 0 Å². The predicted molar refractivity (Wildman–Crippen MR) is 54.9 cm³/mol. The number of likely N-dealkylation sites (N-methyl/N-ethyl adjacent to an activating group) is 1. The third-order valence-electron chi connectivity index (χ3n) is 2.02. The van der Waals surface area contributed by atoms with Crippen molar-refractivity contribution in [3.8, 4) is 0 Å². The number of rotatable bonds is 5. The molecule has 0 aliphatic carbocycles. The number of hydrogen-bond acceptors (Lipinski definition) is 3. The molecule has 0 heterocycles. The van der Waals surface area contributed by atoms with Crippen LogP contribution in [0.1, 0.15) is 6.92 Å². The number of carbonyl (C=O) groups excluding carboxylic acids is 2. The minimum atomic E-state index is -4.46. The third-order valence-corrected chi connectivity index (χ3v) is 2.02. The third kappa shape index (κ3) is 6.77. The van der Waals surface area contributed by atoms with Crippen LogP contribution in [0.2, 0.25) is 0 Å². The molecule has 0 bridgehead atoms. The Morgan fingerprint density at radius 2 is 1.94 bits per heavy atom. The Balaban J connectivity index is 4.08. The maximum absolute atomic E-state index is 11.8. The summed E-state index contributed by atoms with van der Waals surface area (Å²) in [4.78, 5) is 23.6. The summed E-state index contributed by atoms with van der Waals surface area (Å²) in [6.07, 6.45) is -4.46. The molecule has 0 aliphatic heterocycles. The van der Waals surface area contributed by atoms with Gasteiger partial charge in [0.15, 0.2) is 0 Å². The molecule has 17 heavy (non-hydrogen) atoms. The average molecular weight is 255 g/mol. The largest absolute Gasteiger partial charge is 0.405 e. The molecule has 0 saturated carbocycles. The first-order valence-electron chi connectivity index (χ1n) is 4.96. The number of hydrogen-bond donors (Lipinski definition) is 2. The zero-order chi connectivity index (χ0) is 13.6. The zero-order valence-corrected chi connectivity index (χ0v) is 9.67. The monoisotopic (exact) mass is 255 g/mol. The van der Waals surface area contributed by atoms with E-state index in [1.54, 1.807) is 12.2 Å². The highest BCUT2D eigenvalue weighted by atomic mass is 19.4. The molecule has 0 aromatic carbocycles. The van der Waals surface area contributed by atoms with Gasteiger partial charge in [0.05, 0.1) is 6.54 Å². The van der Waals surface area contributed by atoms with Gasteiger partial charge in [0.1, 0.15) is 6.54 Å². The molecule has 3 N–H and O–H groups in total. The maximum Gasteiger partial charge on any atom is 0.405 e. The molecule has 8 heteroatoms. The molecule has 0 aromatic rings. The van der Waals surface area contributed by atoms with E-state index in [0.29, 0.717) is 0 Å². The van der Waals surface area contributed by atoms with E-state index in [9.17, 15) is 22.8 Å². The van der Waals surface area contributed by atoms with Gasteiger partial charge in [-0.25, -0.2) is 0 Å². The van der Waals surface area contributed by atoms with Gasteiger partial charge in [0.2, 0.25) is 11.8 Å². The van der Waals surface area contributed by atoms with Gasteiger partial charge in [-0.2, -0.15) is 13.2 Å². The van der Waals surface area contributed by atoms with Gasteiger partial charge in [-0.1, -0.05) is 6.92 Å². The van der Waals surface area contributed by atoms with E-state index in [2.05, 4.69) is 0 Å². The summed E-state index contributed by atoms with van der Waals surface area (Å²) in [5, 5.41) is 1.68. The molecular formula is C9H16F3N3O2. The van der Waals surface area contributed by atoms with E-state index in [1.807, 2.05) is 0 Å². The van der Waals surface area contributed by atoms with Crippen LogP contribution in [-0.2, 0) is 9.59 Å². The molecule has 0 radical (unpaired) electrons. The fraction of sp³-hybridized carbons (Fsp3) is 0.778. The van der Waals surface area contributed by atoms with Crippen LogP contribution in [-0.4, -0.2) is 49.6 Å². The number of nitrogens with one attached hydrogen (secondary N) is 1. The van der Waals surface area contributed by atoms with Crippen molar-refractivity contribution in [1.29, 1.82) is 0 Å². The standard InChI is InChI=1S/C9H16F3N3O2/c1-6(3-13)8(17)15(2)4-7(16)14-5-9(10,11)12/h6H,3-5,13H2,1-2H3,(H,14,16). The second-order valence-corrected chi connectivity index (χ2v) is 3.72. The summed E-state index contributed by atoms with van der Waals surface area (Å²) in [6, 6.07) is 0. The summed E-state index contributed by atoms with van der Waals surface area (Å²) in [5.74, 6) is -1.70. The van der Waals surface area contributed by atoms with E-state index < -0.39 is 31.1 Å². The summed E-state index contributed by atoms with van der Waals surface area (Å²) in [5.41, 5.74) is 5.26. The topological polar surface area (TPSA) is 75.4 Å². The van der Waals surface area contributed by atoms with Crippen LogP contribution in [0.4, 0.5) is 13.2 Å². The summed E-state index contributed by atoms with van der Waals surface area (Å²) in [7, 11) is 1.33. The van der Waals surface area contributed by atoms with Gasteiger partial charge >= 0.3 is 6.18 Å². The Kier molecular flexibility index (Phi) is 5.94. The molecule has 2 amide bonds. The van der Waals surface area contributed by atoms with Crippen LogP contribution in [0.15, 0.2) is 0 Å². The number of nitrogens with two attached hydrogens (primary N) is 1. The Hall–Kier alpha value is -1.31. The molecule has 1 unspecified atom stereocenters. The number of nitrogens with zero attached hydrogens (tertiary/aromatic N) is 1. The Labute approximate surface area is 97.1 Å². The minimum absolute atomic E-state index is 0.118. The van der Waals surface area contributed by atoms with Crippen molar-refractivity contribution in [3.05, 3.63) is 0 Å². The maximum atomic E-state index is 11.8. The second-order valence-electron chi connectivity index (χ2n) is 3.72. The van der Waals surface area contributed by atoms with E-state index in [-0.39, 0.29) is 12.5 Å². The molecule has 100 valence electrons. The molecule has 0 saturated heterocycles. The smallest absolute Gasteiger partial charge is 0.345 e. The van der Waals surface area contributed by atoms with E-state index in [0.717, 1.165) is 4.90 Å². The van der Waals surface area contributed by atoms with Crippen LogP contribution >= 0.6 is 0 Å². The fourth-order valence-electron chi connectivity index (χ4n) is 1.03. The number of amides is 2. The highest BCUT2D eigenvalue weighted by Gasteiger charge is 2.28. The van der Waals surface area contributed by atoms with Crippen LogP contribution in [0.5, 0.6) is 0 Å². The summed E-state index contributed by atoms with van der Waals surface area (Å²) >= 11 is 0. The molecule has 1 atom stereocenters. The van der Waals surface area contributed by atoms with E-state index in [1.165, 1.54) is 7.05 Å². The van der Waals surface area contributed by atoms with E-state index in [4.69, 9.17) is 5.73 Å². The van der Waals surface area contributed by atoms with Crippen molar-refractivity contribution in [2.45, 2.75) is 13.1 Å². The molecule has 0 fully saturated rings. The van der Waals surface area contributed by atoms with Gasteiger partial charge in [-0.15, -0.1) is 0 Å². The minimum Gasteiger partial charge on any atom is -0.345 e. The zero-order valence-electron chi connectivity index (χ0n) is 9.67. The fourth-order valence-corrected chi connectivity index (χ4v) is 1.03. The lowest BCUT2D eigenvalue weighted by Gasteiger charge is -2.20. The van der Waals surface area contributed by atoms with Crippen LogP contribution < -0.4 is 11.1 Å². The lowest BCUT2D eigenvalue weighted by Crippen LogP contribution is -2.44. The van der Waals surface area contributed by atoms with Crippen molar-refractivity contribution >= 4 is 11.8 Å². The van der Waals surface area contributed by atoms with E-state index >= 15 is 0 Å². The highest BCUT2D eigenvalue weighted by Crippen LogP contribution is 2.12. The lowest BCUT2D eigenvalue weighted by atomic mass is 10.1. The lowest BCUT2D eigenvalue weighted by molar-refractivity contribution is -0.142. The van der Waals surface area contributed by atoms with Crippen LogP contribution in [0, 0.1) is 5.92 Å². The molecule has 0 aliphatic rings. The van der Waals surface area contributed by atoms with Gasteiger partial charge in [-0.3, -0.25) is 9.59 Å². The molecular weight excluding hydrogens is 239 g/mol. The molecule has 0 aromatic heterocycles. The molecule has 0 rings (SSSR count). The second kappa shape index (κ2) is 6.43. The van der Waals surface area contributed by atoms with Crippen LogP contribution in [0.3, 0.4) is 0 Å². The first kappa shape index (κ1) is 15.7. The Morgan fingerprint density at radius 3 is 2.35 bits per heavy atom. The predicted octanol–water partition coefficient (Wildman–Crippen LogP) is -0.282. The number of halogens is 3. The van der Waals surface area contributed by atoms with Crippen molar-refractivity contribution < 1.29 is 22.8 Å². The van der Waals surface area contributed by atoms with Crippen molar-refractivity contribution in [2.24, 2.45) is 11.7 Å². The average Bonchev–Trinajstić information content (AvgIpc) is 2.23. The van der Waals surface area contributed by atoms with Gasteiger partial charge in [-0.05, 0) is 0 Å². The first-order valence-corrected chi connectivity index (χ1v) is 4.96. The molecule has 5 nitrogen and oxygen atoms in total. The van der Waals surface area contributed by atoms with Crippen molar-refractivity contribution in [2.75, 3.05) is 26.7 Å².